The number of hydrogen-bond acceptors (Lipinski definition) is 3. The predicted molar refractivity (Wildman–Crippen MR) is 98.3 cm³/mol. The lowest BCUT2D eigenvalue weighted by atomic mass is 10.0. The molecule has 1 saturated heterocycles. The van der Waals surface area contributed by atoms with E-state index in [0.717, 1.165) is 56.4 Å². The van der Waals surface area contributed by atoms with E-state index in [9.17, 15) is 4.79 Å². The maximum Gasteiger partial charge on any atom is 0.274 e. The smallest absolute Gasteiger partial charge is 0.274 e. The van der Waals surface area contributed by atoms with Crippen molar-refractivity contribution in [1.82, 2.24) is 20.0 Å². The van der Waals surface area contributed by atoms with E-state index in [1.54, 1.807) is 0 Å². The Morgan fingerprint density at radius 1 is 1.20 bits per heavy atom. The van der Waals surface area contributed by atoms with Crippen LogP contribution in [-0.4, -0.2) is 46.8 Å². The Bertz CT molecular complexity index is 778. The second-order valence-corrected chi connectivity index (χ2v) is 7.25. The van der Waals surface area contributed by atoms with Crippen LogP contribution in [0.3, 0.4) is 0 Å². The number of rotatable bonds is 3. The summed E-state index contributed by atoms with van der Waals surface area (Å²) in [5, 5.41) is 8.07. The first-order chi connectivity index (χ1) is 12.2. The maximum atomic E-state index is 13.1. The van der Waals surface area contributed by atoms with Crippen molar-refractivity contribution in [2.75, 3.05) is 20.1 Å². The monoisotopic (exact) mass is 338 g/mol. The molecular weight excluding hydrogens is 312 g/mol. The van der Waals surface area contributed by atoms with Gasteiger partial charge >= 0.3 is 0 Å². The van der Waals surface area contributed by atoms with Crippen molar-refractivity contribution < 1.29 is 4.79 Å². The van der Waals surface area contributed by atoms with Gasteiger partial charge in [0.05, 0.1) is 5.69 Å². The number of likely N-dealkylation sites (N-methyl/N-ethyl adjacent to an activating group) is 1. The summed E-state index contributed by atoms with van der Waals surface area (Å²) in [4.78, 5) is 15.1. The van der Waals surface area contributed by atoms with Crippen molar-refractivity contribution >= 4 is 5.91 Å². The van der Waals surface area contributed by atoms with Crippen LogP contribution in [0.5, 0.6) is 0 Å². The minimum atomic E-state index is 0.101. The van der Waals surface area contributed by atoms with Gasteiger partial charge in [-0.05, 0) is 58.2 Å². The Kier molecular flexibility index (Phi) is 4.34. The molecule has 132 valence electrons. The summed E-state index contributed by atoms with van der Waals surface area (Å²) in [5.74, 6) is 0.101. The first-order valence-electron chi connectivity index (χ1n) is 9.31. The fourth-order valence-electron chi connectivity index (χ4n) is 4.06. The quantitative estimate of drug-likeness (QED) is 0.935. The number of piperidine rings is 1. The van der Waals surface area contributed by atoms with Gasteiger partial charge in [0, 0.05) is 30.4 Å². The molecule has 0 bridgehead atoms. The van der Waals surface area contributed by atoms with Gasteiger partial charge in [-0.15, -0.1) is 0 Å². The maximum absolute atomic E-state index is 13.1. The van der Waals surface area contributed by atoms with Crippen LogP contribution >= 0.6 is 0 Å². The van der Waals surface area contributed by atoms with Crippen LogP contribution < -0.4 is 5.32 Å². The third-order valence-corrected chi connectivity index (χ3v) is 5.53. The zero-order valence-electron chi connectivity index (χ0n) is 15.1. The topological polar surface area (TPSA) is 50.2 Å². The van der Waals surface area contributed by atoms with Crippen molar-refractivity contribution in [1.29, 1.82) is 0 Å². The van der Waals surface area contributed by atoms with E-state index in [1.165, 1.54) is 11.3 Å². The number of amides is 1. The molecule has 0 spiro atoms. The second kappa shape index (κ2) is 6.64. The van der Waals surface area contributed by atoms with E-state index >= 15 is 0 Å². The van der Waals surface area contributed by atoms with E-state index < -0.39 is 0 Å². The fraction of sp³-hybridized carbons (Fsp3) is 0.500. The number of aryl methyl sites for hydroxylation is 1. The van der Waals surface area contributed by atoms with Gasteiger partial charge in [0.1, 0.15) is 0 Å². The molecule has 1 amide bonds. The number of hydrogen-bond donors (Lipinski definition) is 1. The van der Waals surface area contributed by atoms with E-state index in [2.05, 4.69) is 36.5 Å². The van der Waals surface area contributed by atoms with Gasteiger partial charge in [-0.1, -0.05) is 17.7 Å². The van der Waals surface area contributed by atoms with Gasteiger partial charge in [0.2, 0.25) is 0 Å². The summed E-state index contributed by atoms with van der Waals surface area (Å²) in [6.45, 7) is 3.70. The lowest BCUT2D eigenvalue weighted by Crippen LogP contribution is -2.47. The van der Waals surface area contributed by atoms with Crippen LogP contribution in [0, 0.1) is 6.92 Å². The molecule has 1 aromatic heterocycles. The second-order valence-electron chi connectivity index (χ2n) is 7.25. The highest BCUT2D eigenvalue weighted by Crippen LogP contribution is 2.29. The van der Waals surface area contributed by atoms with E-state index in [1.807, 2.05) is 16.6 Å². The number of nitrogens with one attached hydrogen (secondary N) is 1. The van der Waals surface area contributed by atoms with Gasteiger partial charge in [0.15, 0.2) is 5.69 Å². The molecular formula is C20H26N4O. The Morgan fingerprint density at radius 3 is 2.76 bits per heavy atom. The molecule has 2 aliphatic rings. The number of nitrogens with zero attached hydrogens (tertiary/aromatic N) is 3. The number of carbonyl (C=O) groups excluding carboxylic acids is 1. The molecule has 0 radical (unpaired) electrons. The Labute approximate surface area is 149 Å². The Morgan fingerprint density at radius 2 is 2.00 bits per heavy atom. The van der Waals surface area contributed by atoms with E-state index in [0.29, 0.717) is 11.7 Å². The molecule has 2 aromatic rings. The van der Waals surface area contributed by atoms with Crippen LogP contribution in [0.4, 0.5) is 0 Å². The molecule has 1 aromatic carbocycles. The van der Waals surface area contributed by atoms with E-state index in [4.69, 9.17) is 5.10 Å². The van der Waals surface area contributed by atoms with Crippen LogP contribution in [0.2, 0.25) is 0 Å². The highest BCUT2D eigenvalue weighted by Gasteiger charge is 2.31. The molecule has 1 N–H and O–H groups in total. The van der Waals surface area contributed by atoms with Crippen molar-refractivity contribution in [3.63, 3.8) is 0 Å². The Hall–Kier alpha value is -2.14. The molecule has 1 unspecified atom stereocenters. The lowest BCUT2D eigenvalue weighted by molar-refractivity contribution is 0.0690. The van der Waals surface area contributed by atoms with Gasteiger partial charge in [-0.3, -0.25) is 4.79 Å². The van der Waals surface area contributed by atoms with Crippen LogP contribution in [0.15, 0.2) is 24.3 Å². The minimum Gasteiger partial charge on any atom is -0.336 e. The first-order valence-corrected chi connectivity index (χ1v) is 9.31. The number of aromatic nitrogens is 2. The summed E-state index contributed by atoms with van der Waals surface area (Å²) < 4.78 is 1.99. The first kappa shape index (κ1) is 16.3. The molecule has 25 heavy (non-hydrogen) atoms. The highest BCUT2D eigenvalue weighted by atomic mass is 16.2. The van der Waals surface area contributed by atoms with E-state index in [-0.39, 0.29) is 5.91 Å². The number of benzene rings is 1. The number of carbonyl (C=O) groups is 1. The lowest BCUT2D eigenvalue weighted by Gasteiger charge is -2.32. The summed E-state index contributed by atoms with van der Waals surface area (Å²) in [6, 6.07) is 8.77. The molecule has 4 rings (SSSR count). The molecule has 0 saturated carbocycles. The van der Waals surface area contributed by atoms with Crippen LogP contribution in [0.25, 0.3) is 5.69 Å². The molecule has 1 atom stereocenters. The molecule has 5 heteroatoms. The summed E-state index contributed by atoms with van der Waals surface area (Å²) in [6.07, 6.45) is 5.26. The van der Waals surface area contributed by atoms with Crippen LogP contribution in [-0.2, 0) is 12.8 Å². The van der Waals surface area contributed by atoms with Gasteiger partial charge < -0.3 is 10.2 Å². The third-order valence-electron chi connectivity index (χ3n) is 5.53. The zero-order chi connectivity index (χ0) is 17.4. The molecule has 5 nitrogen and oxygen atoms in total. The SMILES string of the molecule is CNC1CCCN(C(=O)c2nn(-c3ccc(C)cc3)c3c2CCC3)C1. The fourth-order valence-corrected chi connectivity index (χ4v) is 4.06. The van der Waals surface area contributed by atoms with Crippen molar-refractivity contribution in [3.8, 4) is 5.69 Å². The molecule has 1 aliphatic heterocycles. The Balaban J connectivity index is 1.67. The number of likely N-dealkylation sites (tertiary alicyclic amines) is 1. The average molecular weight is 338 g/mol. The van der Waals surface area contributed by atoms with Gasteiger partial charge in [-0.25, -0.2) is 4.68 Å². The summed E-state index contributed by atoms with van der Waals surface area (Å²) >= 11 is 0. The van der Waals surface area contributed by atoms with Gasteiger partial charge in [-0.2, -0.15) is 5.10 Å². The largest absolute Gasteiger partial charge is 0.336 e. The van der Waals surface area contributed by atoms with Gasteiger partial charge in [0.25, 0.3) is 5.91 Å². The standard InChI is InChI=1S/C20H26N4O/c1-14-8-10-16(11-9-14)24-18-7-3-6-17(18)19(22-24)20(25)23-12-4-5-15(13-23)21-2/h8-11,15,21H,3-7,12-13H2,1-2H3. The summed E-state index contributed by atoms with van der Waals surface area (Å²) in [5.41, 5.74) is 5.33. The normalized spacial score (nSPS) is 19.9. The highest BCUT2D eigenvalue weighted by molar-refractivity contribution is 5.94. The van der Waals surface area contributed by atoms with Crippen molar-refractivity contribution in [2.24, 2.45) is 0 Å². The number of fused-ring (bicyclic) bond motifs is 1. The molecule has 1 fully saturated rings. The minimum absolute atomic E-state index is 0.101. The molecule has 2 heterocycles. The molecule has 1 aliphatic carbocycles. The van der Waals surface area contributed by atoms with Crippen molar-refractivity contribution in [3.05, 3.63) is 46.8 Å². The zero-order valence-corrected chi connectivity index (χ0v) is 15.1. The summed E-state index contributed by atoms with van der Waals surface area (Å²) in [7, 11) is 1.97. The van der Waals surface area contributed by atoms with Crippen LogP contribution in [0.1, 0.15) is 46.6 Å². The average Bonchev–Trinajstić information content (AvgIpc) is 3.24. The predicted octanol–water partition coefficient (Wildman–Crippen LogP) is 2.49. The van der Waals surface area contributed by atoms with Crippen molar-refractivity contribution in [2.45, 2.75) is 45.1 Å². The third kappa shape index (κ3) is 2.97.